The summed E-state index contributed by atoms with van der Waals surface area (Å²) in [7, 11) is 0. The van der Waals surface area contributed by atoms with E-state index in [-0.39, 0.29) is 6.10 Å². The summed E-state index contributed by atoms with van der Waals surface area (Å²) >= 11 is 0. The smallest absolute Gasteiger partial charge is 0.138 e. The lowest BCUT2D eigenvalue weighted by Gasteiger charge is -2.16. The highest BCUT2D eigenvalue weighted by molar-refractivity contribution is 5.27. The van der Waals surface area contributed by atoms with Crippen molar-refractivity contribution in [1.29, 1.82) is 0 Å². The molecule has 0 saturated carbocycles. The third-order valence-electron chi connectivity index (χ3n) is 2.88. The van der Waals surface area contributed by atoms with E-state index in [9.17, 15) is 5.11 Å². The zero-order chi connectivity index (χ0) is 11.4. The molecule has 2 N–H and O–H groups in total. The molecule has 1 saturated heterocycles. The van der Waals surface area contributed by atoms with Crippen molar-refractivity contribution < 1.29 is 9.84 Å². The van der Waals surface area contributed by atoms with Crippen LogP contribution in [-0.4, -0.2) is 30.4 Å². The normalized spacial score (nSPS) is 24.6. The molecular formula is C13H19NO2. The van der Waals surface area contributed by atoms with Gasteiger partial charge in [0.1, 0.15) is 18.0 Å². The fourth-order valence-electron chi connectivity index (χ4n) is 1.96. The molecule has 0 spiro atoms. The van der Waals surface area contributed by atoms with Gasteiger partial charge in [0, 0.05) is 13.1 Å². The first kappa shape index (κ1) is 11.4. The van der Waals surface area contributed by atoms with Gasteiger partial charge in [0.25, 0.3) is 0 Å². The molecule has 2 rings (SSSR count). The third-order valence-corrected chi connectivity index (χ3v) is 2.88. The molecule has 88 valence electrons. The van der Waals surface area contributed by atoms with Crippen LogP contribution in [0.4, 0.5) is 0 Å². The molecule has 1 heterocycles. The molecule has 0 aromatic heterocycles. The zero-order valence-corrected chi connectivity index (χ0v) is 9.65. The number of hydrogen-bond donors (Lipinski definition) is 2. The Morgan fingerprint density at radius 2 is 2.06 bits per heavy atom. The monoisotopic (exact) mass is 221 g/mol. The fourth-order valence-corrected chi connectivity index (χ4v) is 1.96. The Bertz CT molecular complexity index is 323. The van der Waals surface area contributed by atoms with Crippen molar-refractivity contribution in [2.45, 2.75) is 32.0 Å². The number of nitrogens with one attached hydrogen (secondary N) is 1. The van der Waals surface area contributed by atoms with Crippen LogP contribution in [0, 0.1) is 0 Å². The molecule has 3 nitrogen and oxygen atoms in total. The summed E-state index contributed by atoms with van der Waals surface area (Å²) in [5.74, 6) is 0.840. The van der Waals surface area contributed by atoms with Gasteiger partial charge in [-0.1, -0.05) is 25.5 Å². The number of benzene rings is 1. The lowest BCUT2D eigenvalue weighted by molar-refractivity contribution is 0.0737. The highest BCUT2D eigenvalue weighted by Crippen LogP contribution is 2.17. The molecule has 0 radical (unpaired) electrons. The first-order valence-corrected chi connectivity index (χ1v) is 5.94. The maximum absolute atomic E-state index is 9.60. The van der Waals surface area contributed by atoms with Crippen molar-refractivity contribution in [3.8, 4) is 5.75 Å². The van der Waals surface area contributed by atoms with Gasteiger partial charge in [-0.2, -0.15) is 0 Å². The highest BCUT2D eigenvalue weighted by atomic mass is 16.5. The Hall–Kier alpha value is -1.06. The number of hydrogen-bond acceptors (Lipinski definition) is 3. The second kappa shape index (κ2) is 5.32. The van der Waals surface area contributed by atoms with Crippen molar-refractivity contribution >= 4 is 0 Å². The van der Waals surface area contributed by atoms with Gasteiger partial charge in [-0.15, -0.1) is 0 Å². The summed E-state index contributed by atoms with van der Waals surface area (Å²) in [5, 5.41) is 12.7. The van der Waals surface area contributed by atoms with E-state index in [0.717, 1.165) is 25.1 Å². The first-order chi connectivity index (χ1) is 7.79. The summed E-state index contributed by atoms with van der Waals surface area (Å²) in [6, 6.07) is 8.15. The largest absolute Gasteiger partial charge is 0.486 e. The Kier molecular flexibility index (Phi) is 3.80. The number of β-amino-alcohol motifs (C(OH)–C–C–N with tert-alkyl or cyclic N) is 1. The Labute approximate surface area is 96.4 Å². The zero-order valence-electron chi connectivity index (χ0n) is 9.65. The third kappa shape index (κ3) is 2.74. The summed E-state index contributed by atoms with van der Waals surface area (Å²) in [6.45, 7) is 3.52. The van der Waals surface area contributed by atoms with Gasteiger partial charge in [-0.25, -0.2) is 0 Å². The first-order valence-electron chi connectivity index (χ1n) is 5.94. The highest BCUT2D eigenvalue weighted by Gasteiger charge is 2.26. The van der Waals surface area contributed by atoms with E-state index >= 15 is 0 Å². The number of aliphatic hydroxyl groups is 1. The topological polar surface area (TPSA) is 41.5 Å². The molecule has 3 heteroatoms. The van der Waals surface area contributed by atoms with Gasteiger partial charge in [-0.3, -0.25) is 0 Å². The van der Waals surface area contributed by atoms with Gasteiger partial charge >= 0.3 is 0 Å². The van der Waals surface area contributed by atoms with Crippen LogP contribution in [0.2, 0.25) is 0 Å². The van der Waals surface area contributed by atoms with Crippen molar-refractivity contribution in [2.24, 2.45) is 0 Å². The van der Waals surface area contributed by atoms with Crippen molar-refractivity contribution in [3.63, 3.8) is 0 Å². The van der Waals surface area contributed by atoms with Crippen LogP contribution in [0.1, 0.15) is 18.9 Å². The van der Waals surface area contributed by atoms with Crippen LogP contribution in [-0.2, 0) is 6.42 Å². The maximum atomic E-state index is 9.60. The van der Waals surface area contributed by atoms with Crippen LogP contribution >= 0.6 is 0 Å². The minimum Gasteiger partial charge on any atom is -0.486 e. The maximum Gasteiger partial charge on any atom is 0.138 e. The molecule has 0 bridgehead atoms. The van der Waals surface area contributed by atoms with E-state index in [1.54, 1.807) is 0 Å². The fraction of sp³-hybridized carbons (Fsp3) is 0.538. The number of aliphatic hydroxyl groups excluding tert-OH is 1. The molecule has 2 atom stereocenters. The molecule has 1 aromatic rings. The van der Waals surface area contributed by atoms with E-state index in [4.69, 9.17) is 4.74 Å². The van der Waals surface area contributed by atoms with Crippen LogP contribution in [0.25, 0.3) is 0 Å². The summed E-state index contributed by atoms with van der Waals surface area (Å²) in [6.07, 6.45) is 1.76. The minimum absolute atomic E-state index is 0.114. The molecule has 1 aliphatic heterocycles. The molecule has 0 aliphatic carbocycles. The van der Waals surface area contributed by atoms with E-state index < -0.39 is 6.10 Å². The molecule has 2 unspecified atom stereocenters. The second-order valence-electron chi connectivity index (χ2n) is 4.28. The summed E-state index contributed by atoms with van der Waals surface area (Å²) < 4.78 is 5.71. The van der Waals surface area contributed by atoms with Crippen molar-refractivity contribution in [2.75, 3.05) is 13.1 Å². The molecule has 0 amide bonds. The predicted octanol–water partition coefficient (Wildman–Crippen LogP) is 1.35. The van der Waals surface area contributed by atoms with Crippen LogP contribution in [0.15, 0.2) is 24.3 Å². The SMILES string of the molecule is CCCc1ccc(OC2CNCC2O)cc1. The lowest BCUT2D eigenvalue weighted by Crippen LogP contribution is -2.29. The molecule has 1 aromatic carbocycles. The van der Waals surface area contributed by atoms with Gasteiger partial charge in [-0.05, 0) is 24.1 Å². The van der Waals surface area contributed by atoms with Crippen molar-refractivity contribution in [1.82, 2.24) is 5.32 Å². The van der Waals surface area contributed by atoms with E-state index in [2.05, 4.69) is 24.4 Å². The van der Waals surface area contributed by atoms with Crippen molar-refractivity contribution in [3.05, 3.63) is 29.8 Å². The quantitative estimate of drug-likeness (QED) is 0.806. The van der Waals surface area contributed by atoms with Gasteiger partial charge in [0.05, 0.1) is 0 Å². The van der Waals surface area contributed by atoms with Gasteiger partial charge in [0.15, 0.2) is 0 Å². The Morgan fingerprint density at radius 1 is 1.31 bits per heavy atom. The van der Waals surface area contributed by atoms with E-state index in [0.29, 0.717) is 6.54 Å². The number of ether oxygens (including phenoxy) is 1. The molecule has 1 fully saturated rings. The van der Waals surface area contributed by atoms with Crippen LogP contribution < -0.4 is 10.1 Å². The Morgan fingerprint density at radius 3 is 2.62 bits per heavy atom. The van der Waals surface area contributed by atoms with Gasteiger partial charge in [0.2, 0.25) is 0 Å². The molecule has 1 aliphatic rings. The average Bonchev–Trinajstić information content (AvgIpc) is 2.68. The van der Waals surface area contributed by atoms with E-state index in [1.807, 2.05) is 12.1 Å². The van der Waals surface area contributed by atoms with E-state index in [1.165, 1.54) is 5.56 Å². The second-order valence-corrected chi connectivity index (χ2v) is 4.28. The lowest BCUT2D eigenvalue weighted by atomic mass is 10.1. The number of rotatable bonds is 4. The summed E-state index contributed by atoms with van der Waals surface area (Å²) in [5.41, 5.74) is 1.33. The van der Waals surface area contributed by atoms with Crippen LogP contribution in [0.5, 0.6) is 5.75 Å². The standard InChI is InChI=1S/C13H19NO2/c1-2-3-10-4-6-11(7-5-10)16-13-9-14-8-12(13)15/h4-7,12-15H,2-3,8-9H2,1H3. The molecular weight excluding hydrogens is 202 g/mol. The average molecular weight is 221 g/mol. The molecule has 16 heavy (non-hydrogen) atoms. The number of aryl methyl sites for hydroxylation is 1. The Balaban J connectivity index is 1.94. The van der Waals surface area contributed by atoms with Gasteiger partial charge < -0.3 is 15.2 Å². The van der Waals surface area contributed by atoms with Crippen LogP contribution in [0.3, 0.4) is 0 Å². The predicted molar refractivity (Wildman–Crippen MR) is 63.7 cm³/mol. The minimum atomic E-state index is -0.393. The summed E-state index contributed by atoms with van der Waals surface area (Å²) in [4.78, 5) is 0.